The van der Waals surface area contributed by atoms with E-state index in [0.717, 1.165) is 29.7 Å². The van der Waals surface area contributed by atoms with Crippen LogP contribution in [0.4, 0.5) is 0 Å². The highest BCUT2D eigenvalue weighted by atomic mass is 35.5. The second-order valence-electron chi connectivity index (χ2n) is 5.42. The summed E-state index contributed by atoms with van der Waals surface area (Å²) in [6, 6.07) is 11.8. The first-order chi connectivity index (χ1) is 10.7. The number of hydrogen-bond acceptors (Lipinski definition) is 3. The summed E-state index contributed by atoms with van der Waals surface area (Å²) in [4.78, 5) is 14.5. The molecule has 0 radical (unpaired) electrons. The molecule has 2 N–H and O–H groups in total. The summed E-state index contributed by atoms with van der Waals surface area (Å²) < 4.78 is 5.70. The maximum absolute atomic E-state index is 12.7. The summed E-state index contributed by atoms with van der Waals surface area (Å²) in [7, 11) is 0. The molecule has 0 atom stereocenters. The van der Waals surface area contributed by atoms with Crippen LogP contribution in [0.5, 0.6) is 0 Å². The number of carbonyl (C=O) groups excluding carboxylic acids is 1. The minimum Gasteiger partial charge on any atom is -0.456 e. The number of nitrogens with two attached hydrogens (primary N) is 1. The summed E-state index contributed by atoms with van der Waals surface area (Å²) >= 11 is 0. The molecule has 126 valence electrons. The fraction of sp³-hybridized carbons (Fsp3) is 0.389. The summed E-state index contributed by atoms with van der Waals surface area (Å²) in [5, 5.41) is 0. The van der Waals surface area contributed by atoms with Crippen molar-refractivity contribution in [2.45, 2.75) is 33.2 Å². The van der Waals surface area contributed by atoms with E-state index < -0.39 is 0 Å². The number of aryl methyl sites for hydroxylation is 2. The van der Waals surface area contributed by atoms with Gasteiger partial charge in [0.05, 0.1) is 0 Å². The molecule has 4 nitrogen and oxygen atoms in total. The molecule has 0 saturated carbocycles. The van der Waals surface area contributed by atoms with Crippen LogP contribution in [0.2, 0.25) is 0 Å². The van der Waals surface area contributed by atoms with E-state index in [1.807, 2.05) is 50.2 Å². The van der Waals surface area contributed by atoms with Crippen molar-refractivity contribution < 1.29 is 9.21 Å². The first kappa shape index (κ1) is 19.3. The van der Waals surface area contributed by atoms with E-state index in [1.165, 1.54) is 0 Å². The largest absolute Gasteiger partial charge is 0.456 e. The van der Waals surface area contributed by atoms with Crippen LogP contribution in [-0.2, 0) is 13.0 Å². The van der Waals surface area contributed by atoms with Crippen molar-refractivity contribution in [3.63, 3.8) is 0 Å². The Morgan fingerprint density at radius 3 is 2.52 bits per heavy atom. The zero-order valence-electron chi connectivity index (χ0n) is 13.7. The number of rotatable bonds is 7. The Morgan fingerprint density at radius 1 is 1.26 bits per heavy atom. The normalized spacial score (nSPS) is 10.2. The van der Waals surface area contributed by atoms with Crippen molar-refractivity contribution >= 4 is 18.3 Å². The zero-order valence-corrected chi connectivity index (χ0v) is 14.6. The Labute approximate surface area is 144 Å². The molecule has 1 amide bonds. The summed E-state index contributed by atoms with van der Waals surface area (Å²) in [6.07, 6.45) is 1.57. The Balaban J connectivity index is 0.00000264. The topological polar surface area (TPSA) is 59.5 Å². The first-order valence-corrected chi connectivity index (χ1v) is 7.78. The van der Waals surface area contributed by atoms with Crippen molar-refractivity contribution in [1.82, 2.24) is 4.90 Å². The molecule has 0 bridgehead atoms. The van der Waals surface area contributed by atoms with Crippen molar-refractivity contribution in [3.8, 4) is 0 Å². The monoisotopic (exact) mass is 336 g/mol. The van der Waals surface area contributed by atoms with Gasteiger partial charge in [-0.1, -0.05) is 37.3 Å². The van der Waals surface area contributed by atoms with E-state index in [4.69, 9.17) is 10.2 Å². The lowest BCUT2D eigenvalue weighted by Crippen LogP contribution is -2.32. The number of amides is 1. The van der Waals surface area contributed by atoms with Gasteiger partial charge in [-0.3, -0.25) is 4.79 Å². The van der Waals surface area contributed by atoms with Gasteiger partial charge in [-0.05, 0) is 37.1 Å². The minimum atomic E-state index is -0.0693. The van der Waals surface area contributed by atoms with Crippen molar-refractivity contribution in [2.75, 3.05) is 13.1 Å². The molecule has 5 heteroatoms. The number of halogens is 1. The van der Waals surface area contributed by atoms with Crippen LogP contribution in [0, 0.1) is 6.92 Å². The van der Waals surface area contributed by atoms with Gasteiger partial charge < -0.3 is 15.1 Å². The molecule has 23 heavy (non-hydrogen) atoms. The molecule has 2 aromatic rings. The average Bonchev–Trinajstić information content (AvgIpc) is 2.92. The van der Waals surface area contributed by atoms with Gasteiger partial charge in [0, 0.05) is 19.5 Å². The molecule has 0 spiro atoms. The van der Waals surface area contributed by atoms with Gasteiger partial charge in [-0.15, -0.1) is 12.4 Å². The molecule has 1 heterocycles. The van der Waals surface area contributed by atoms with Crippen LogP contribution < -0.4 is 5.73 Å². The number of furan rings is 1. The Morgan fingerprint density at radius 2 is 1.96 bits per heavy atom. The van der Waals surface area contributed by atoms with Crippen LogP contribution in [0.25, 0.3) is 0 Å². The predicted molar refractivity (Wildman–Crippen MR) is 94.9 cm³/mol. The Hall–Kier alpha value is -1.78. The molecule has 0 saturated heterocycles. The number of carbonyl (C=O) groups is 1. The van der Waals surface area contributed by atoms with E-state index in [1.54, 1.807) is 4.90 Å². The molecule has 0 aliphatic rings. The zero-order chi connectivity index (χ0) is 15.9. The summed E-state index contributed by atoms with van der Waals surface area (Å²) in [5.41, 5.74) is 7.73. The van der Waals surface area contributed by atoms with Gasteiger partial charge >= 0.3 is 0 Å². The van der Waals surface area contributed by atoms with Gasteiger partial charge in [0.1, 0.15) is 5.76 Å². The lowest BCUT2D eigenvalue weighted by Gasteiger charge is -2.21. The number of nitrogens with zero attached hydrogens (tertiary/aromatic N) is 1. The van der Waals surface area contributed by atoms with E-state index in [9.17, 15) is 4.79 Å². The lowest BCUT2D eigenvalue weighted by molar-refractivity contribution is 0.0708. The fourth-order valence-electron chi connectivity index (χ4n) is 2.47. The van der Waals surface area contributed by atoms with Gasteiger partial charge in [0.2, 0.25) is 0 Å². The Bertz CT molecular complexity index is 611. The Kier molecular flexibility index (Phi) is 7.86. The van der Waals surface area contributed by atoms with E-state index in [2.05, 4.69) is 0 Å². The maximum Gasteiger partial charge on any atom is 0.289 e. The quantitative estimate of drug-likeness (QED) is 0.841. The lowest BCUT2D eigenvalue weighted by atomic mass is 10.2. The number of benzene rings is 1. The summed E-state index contributed by atoms with van der Waals surface area (Å²) in [6.45, 7) is 5.76. The third-order valence-corrected chi connectivity index (χ3v) is 3.69. The molecule has 2 rings (SSSR count). The summed E-state index contributed by atoms with van der Waals surface area (Å²) in [5.74, 6) is 1.23. The van der Waals surface area contributed by atoms with E-state index in [-0.39, 0.29) is 18.3 Å². The SMILES string of the molecule is CCc1oc(C(=O)N(CCCN)Cc2ccccc2)cc1C.Cl. The van der Waals surface area contributed by atoms with Crippen molar-refractivity contribution in [1.29, 1.82) is 0 Å². The molecule has 0 fully saturated rings. The molecule has 0 unspecified atom stereocenters. The van der Waals surface area contributed by atoms with Gasteiger partial charge in [-0.2, -0.15) is 0 Å². The highest BCUT2D eigenvalue weighted by Crippen LogP contribution is 2.18. The third-order valence-electron chi connectivity index (χ3n) is 3.69. The molecular weight excluding hydrogens is 312 g/mol. The highest BCUT2D eigenvalue weighted by Gasteiger charge is 2.20. The van der Waals surface area contributed by atoms with Crippen molar-refractivity contribution in [2.24, 2.45) is 5.73 Å². The maximum atomic E-state index is 12.7. The molecule has 1 aromatic carbocycles. The predicted octanol–water partition coefficient (Wildman–Crippen LogP) is 3.56. The van der Waals surface area contributed by atoms with Gasteiger partial charge in [0.25, 0.3) is 5.91 Å². The third kappa shape index (κ3) is 5.12. The molecular formula is C18H25ClN2O2. The van der Waals surface area contributed by atoms with Crippen LogP contribution in [-0.4, -0.2) is 23.9 Å². The van der Waals surface area contributed by atoms with Crippen molar-refractivity contribution in [3.05, 3.63) is 59.0 Å². The van der Waals surface area contributed by atoms with Gasteiger partial charge in [-0.25, -0.2) is 0 Å². The van der Waals surface area contributed by atoms with Crippen LogP contribution in [0.1, 0.15) is 40.8 Å². The van der Waals surface area contributed by atoms with Crippen LogP contribution >= 0.6 is 12.4 Å². The smallest absolute Gasteiger partial charge is 0.289 e. The first-order valence-electron chi connectivity index (χ1n) is 7.78. The highest BCUT2D eigenvalue weighted by molar-refractivity contribution is 5.91. The van der Waals surface area contributed by atoms with Gasteiger partial charge in [0.15, 0.2) is 5.76 Å². The average molecular weight is 337 g/mol. The molecule has 0 aliphatic heterocycles. The van der Waals surface area contributed by atoms with Crippen LogP contribution in [0.15, 0.2) is 40.8 Å². The molecule has 0 aliphatic carbocycles. The fourth-order valence-corrected chi connectivity index (χ4v) is 2.47. The van der Waals surface area contributed by atoms with E-state index in [0.29, 0.717) is 25.4 Å². The molecule has 1 aromatic heterocycles. The second-order valence-corrected chi connectivity index (χ2v) is 5.42. The standard InChI is InChI=1S/C18H24N2O2.ClH/c1-3-16-14(2)12-17(22-16)18(21)20(11-7-10-19)13-15-8-5-4-6-9-15;/h4-6,8-9,12H,3,7,10-11,13,19H2,1-2H3;1H. The minimum absolute atomic E-state index is 0. The number of hydrogen-bond donors (Lipinski definition) is 1. The van der Waals surface area contributed by atoms with E-state index >= 15 is 0 Å². The second kappa shape index (κ2) is 9.38. The van der Waals surface area contributed by atoms with Crippen LogP contribution in [0.3, 0.4) is 0 Å².